The molecule has 262 valence electrons. The zero-order valence-electron chi connectivity index (χ0n) is 29.2. The Balaban J connectivity index is 1.52. The van der Waals surface area contributed by atoms with E-state index in [1.807, 2.05) is 13.8 Å². The Labute approximate surface area is 284 Å². The highest BCUT2D eigenvalue weighted by Crippen LogP contribution is 2.77. The van der Waals surface area contributed by atoms with Crippen LogP contribution >= 0.6 is 0 Å². The van der Waals surface area contributed by atoms with Crippen LogP contribution in [0.3, 0.4) is 0 Å². The Morgan fingerprint density at radius 1 is 1.02 bits per heavy atom. The van der Waals surface area contributed by atoms with Crippen LogP contribution in [0.15, 0.2) is 53.6 Å². The van der Waals surface area contributed by atoms with Gasteiger partial charge in [0.15, 0.2) is 11.4 Å². The number of benzene rings is 1. The first-order valence-electron chi connectivity index (χ1n) is 17.4. The van der Waals surface area contributed by atoms with E-state index in [0.717, 1.165) is 37.7 Å². The summed E-state index contributed by atoms with van der Waals surface area (Å²) in [5.74, 6) is -4.07. The van der Waals surface area contributed by atoms with Crippen LogP contribution in [0.2, 0.25) is 0 Å². The number of Topliss-reactive ketones (excluding diaryl/α,β-unsaturated/α-hetero) is 1. The lowest BCUT2D eigenvalue weighted by molar-refractivity contribution is -0.227. The molecule has 1 aromatic carbocycles. The molecule has 9 heteroatoms. The second-order valence-corrected chi connectivity index (χ2v) is 14.9. The molecule has 0 aliphatic heterocycles. The van der Waals surface area contributed by atoms with Gasteiger partial charge in [-0.3, -0.25) is 9.59 Å². The molecule has 3 N–H and O–H groups in total. The van der Waals surface area contributed by atoms with E-state index in [2.05, 4.69) is 6.92 Å². The highest BCUT2D eigenvalue weighted by molar-refractivity contribution is 6.04. The highest BCUT2D eigenvalue weighted by Gasteiger charge is 2.87. The summed E-state index contributed by atoms with van der Waals surface area (Å²) in [4.78, 5) is 40.6. The number of rotatable bonds is 13. The highest BCUT2D eigenvalue weighted by atomic mass is 16.6. The van der Waals surface area contributed by atoms with E-state index in [4.69, 9.17) is 14.2 Å². The first-order valence-corrected chi connectivity index (χ1v) is 17.4. The van der Waals surface area contributed by atoms with Gasteiger partial charge in [0.1, 0.15) is 17.5 Å². The fraction of sp³-hybridized carbons (Fsp3) is 0.615. The molecule has 0 bridgehead atoms. The van der Waals surface area contributed by atoms with Crippen LogP contribution in [0.1, 0.15) is 91.5 Å². The van der Waals surface area contributed by atoms with Gasteiger partial charge in [0.05, 0.1) is 19.3 Å². The van der Waals surface area contributed by atoms with Gasteiger partial charge in [-0.25, -0.2) is 4.79 Å². The van der Waals surface area contributed by atoms with Gasteiger partial charge in [0.2, 0.25) is 0 Å². The lowest BCUT2D eigenvalue weighted by Gasteiger charge is -2.53. The van der Waals surface area contributed by atoms with Gasteiger partial charge in [-0.1, -0.05) is 84.1 Å². The fourth-order valence-electron chi connectivity index (χ4n) is 9.16. The third-order valence-corrected chi connectivity index (χ3v) is 11.7. The largest absolute Gasteiger partial charge is 0.497 e. The zero-order chi connectivity index (χ0) is 35.1. The summed E-state index contributed by atoms with van der Waals surface area (Å²) < 4.78 is 17.9. The van der Waals surface area contributed by atoms with Crippen molar-refractivity contribution in [3.63, 3.8) is 0 Å². The maximum absolute atomic E-state index is 13.6. The first-order chi connectivity index (χ1) is 22.7. The van der Waals surface area contributed by atoms with Gasteiger partial charge in [-0.15, -0.1) is 0 Å². The van der Waals surface area contributed by atoms with E-state index in [-0.39, 0.29) is 12.8 Å². The summed E-state index contributed by atoms with van der Waals surface area (Å²) in [6, 6.07) is 7.15. The number of hydrogen-bond acceptors (Lipinski definition) is 9. The van der Waals surface area contributed by atoms with Crippen LogP contribution in [0.4, 0.5) is 0 Å². The summed E-state index contributed by atoms with van der Waals surface area (Å²) >= 11 is 0. The molecule has 9 nitrogen and oxygen atoms in total. The van der Waals surface area contributed by atoms with Gasteiger partial charge < -0.3 is 29.5 Å². The number of aliphatic hydroxyl groups is 3. The van der Waals surface area contributed by atoms with Crippen molar-refractivity contribution in [1.82, 2.24) is 0 Å². The minimum Gasteiger partial charge on any atom is -0.497 e. The van der Waals surface area contributed by atoms with Crippen molar-refractivity contribution in [1.29, 1.82) is 0 Å². The molecule has 5 rings (SSSR count). The number of ketones is 1. The Morgan fingerprint density at radius 3 is 2.33 bits per heavy atom. The molecular formula is C39H52O9. The van der Waals surface area contributed by atoms with Gasteiger partial charge in [0.25, 0.3) is 0 Å². The molecule has 0 amide bonds. The summed E-state index contributed by atoms with van der Waals surface area (Å²) in [6.45, 7) is 8.97. The molecule has 2 fully saturated rings. The lowest BCUT2D eigenvalue weighted by Crippen LogP contribution is -2.66. The van der Waals surface area contributed by atoms with Crippen LogP contribution in [0.5, 0.6) is 5.75 Å². The Hall–Kier alpha value is -3.27. The standard InChI is InChI=1S/C39H52O9/c1-7-8-9-10-11-12-13-32(42)48-39-33(36(39,4)5)29-21-27(23-40)22-37(44)30(20-24(2)34(37)43)38(29,45)25(3)35(39)47-31(41)19-16-26-14-17-28(46-6)18-15-26/h14-21,25,29-30,33,35,40,44-45H,7-13,22-23H2,1-6H3/b19-16+/t25-,29+,30-,33-,35-,37-,38-,39-/m1/s1. The van der Waals surface area contributed by atoms with E-state index in [0.29, 0.717) is 23.3 Å². The summed E-state index contributed by atoms with van der Waals surface area (Å²) in [6.07, 6.45) is 11.3. The molecule has 48 heavy (non-hydrogen) atoms. The number of esters is 2. The van der Waals surface area contributed by atoms with Crippen molar-refractivity contribution in [2.45, 2.75) is 109 Å². The second kappa shape index (κ2) is 13.6. The van der Waals surface area contributed by atoms with Crippen LogP contribution in [0, 0.1) is 29.1 Å². The number of methoxy groups -OCH3 is 1. The number of aliphatic hydroxyl groups excluding tert-OH is 1. The Morgan fingerprint density at radius 2 is 1.69 bits per heavy atom. The SMILES string of the molecule is CCCCCCCCC(=O)O[C@@]12[C@H](OC(=O)/C=C/c3ccc(OC)cc3)[C@@H](C)[C@@]3(O)[C@@H](C=C(CO)C[C@]4(O)C(=O)C(C)=C[C@@H]34)[C@@H]1C2(C)C. The van der Waals surface area contributed by atoms with Crippen LogP contribution < -0.4 is 4.74 Å². The number of ether oxygens (including phenoxy) is 3. The minimum absolute atomic E-state index is 0.139. The molecule has 0 spiro atoms. The first kappa shape index (κ1) is 36.0. The predicted octanol–water partition coefficient (Wildman–Crippen LogP) is 5.50. The smallest absolute Gasteiger partial charge is 0.331 e. The molecule has 0 aromatic heterocycles. The van der Waals surface area contributed by atoms with Gasteiger partial charge in [-0.2, -0.15) is 0 Å². The average molecular weight is 665 g/mol. The van der Waals surface area contributed by atoms with Crippen molar-refractivity contribution in [2.75, 3.05) is 13.7 Å². The van der Waals surface area contributed by atoms with Crippen molar-refractivity contribution < 1.29 is 43.9 Å². The molecule has 0 radical (unpaired) electrons. The van der Waals surface area contributed by atoms with Crippen molar-refractivity contribution >= 4 is 23.8 Å². The van der Waals surface area contributed by atoms with E-state index in [1.54, 1.807) is 63.5 Å². The number of fused-ring (bicyclic) bond motifs is 5. The Bertz CT molecular complexity index is 1490. The van der Waals surface area contributed by atoms with Crippen LogP contribution in [-0.4, -0.2) is 69.7 Å². The molecule has 4 aliphatic rings. The van der Waals surface area contributed by atoms with Crippen molar-refractivity contribution in [3.8, 4) is 5.75 Å². The molecule has 0 saturated heterocycles. The minimum atomic E-state index is -1.98. The number of unbranched alkanes of at least 4 members (excludes halogenated alkanes) is 5. The van der Waals surface area contributed by atoms with E-state index in [9.17, 15) is 29.7 Å². The lowest BCUT2D eigenvalue weighted by atomic mass is 9.59. The molecule has 2 saturated carbocycles. The molecule has 4 aliphatic carbocycles. The zero-order valence-corrected chi connectivity index (χ0v) is 29.2. The Kier molecular flexibility index (Phi) is 10.2. The van der Waals surface area contributed by atoms with Gasteiger partial charge in [0, 0.05) is 48.0 Å². The number of carbonyl (C=O) groups is 3. The van der Waals surface area contributed by atoms with Crippen LogP contribution in [-0.2, 0) is 23.9 Å². The van der Waals surface area contributed by atoms with Gasteiger partial charge in [-0.05, 0) is 48.3 Å². The van der Waals surface area contributed by atoms with E-state index in [1.165, 1.54) is 6.08 Å². The number of carbonyl (C=O) groups excluding carboxylic acids is 3. The van der Waals surface area contributed by atoms with Crippen molar-refractivity contribution in [2.24, 2.45) is 29.1 Å². The molecule has 1 aromatic rings. The van der Waals surface area contributed by atoms with Crippen molar-refractivity contribution in [3.05, 3.63) is 59.2 Å². The van der Waals surface area contributed by atoms with Gasteiger partial charge >= 0.3 is 11.9 Å². The summed E-state index contributed by atoms with van der Waals surface area (Å²) in [5.41, 5.74) is -4.31. The summed E-state index contributed by atoms with van der Waals surface area (Å²) in [7, 11) is 1.57. The quantitative estimate of drug-likeness (QED) is 0.108. The van der Waals surface area contributed by atoms with E-state index < -0.39 is 76.3 Å². The fourth-order valence-corrected chi connectivity index (χ4v) is 9.16. The average Bonchev–Trinajstić information content (AvgIpc) is 3.49. The normalized spacial score (nSPS) is 34.7. The molecule has 8 atom stereocenters. The monoisotopic (exact) mass is 664 g/mol. The predicted molar refractivity (Wildman–Crippen MR) is 181 cm³/mol. The van der Waals surface area contributed by atoms with E-state index >= 15 is 0 Å². The third-order valence-electron chi connectivity index (χ3n) is 11.7. The number of hydrogen-bond donors (Lipinski definition) is 3. The molecule has 0 heterocycles. The van der Waals surface area contributed by atoms with Crippen LogP contribution in [0.25, 0.3) is 6.08 Å². The summed E-state index contributed by atoms with van der Waals surface area (Å²) in [5, 5.41) is 35.2. The second-order valence-electron chi connectivity index (χ2n) is 14.9. The maximum Gasteiger partial charge on any atom is 0.331 e. The molecule has 0 unspecified atom stereocenters. The maximum atomic E-state index is 13.6. The topological polar surface area (TPSA) is 140 Å². The third kappa shape index (κ3) is 5.86. The molecular weight excluding hydrogens is 612 g/mol.